The van der Waals surface area contributed by atoms with Crippen LogP contribution in [0, 0.1) is 5.92 Å². The van der Waals surface area contributed by atoms with E-state index in [-0.39, 0.29) is 5.04 Å². The van der Waals surface area contributed by atoms with Crippen LogP contribution in [0.3, 0.4) is 0 Å². The summed E-state index contributed by atoms with van der Waals surface area (Å²) >= 11 is 0. The number of benzene rings is 2. The van der Waals surface area contributed by atoms with E-state index >= 15 is 0 Å². The van der Waals surface area contributed by atoms with E-state index in [4.69, 9.17) is 0 Å². The van der Waals surface area contributed by atoms with Crippen LogP contribution in [-0.4, -0.2) is 26.2 Å². The van der Waals surface area contributed by atoms with Crippen molar-refractivity contribution in [3.8, 4) is 0 Å². The van der Waals surface area contributed by atoms with E-state index in [0.29, 0.717) is 5.92 Å². The molecule has 0 heterocycles. The average Bonchev–Trinajstić information content (AvgIpc) is 2.55. The maximum absolute atomic E-state index is 10.5. The summed E-state index contributed by atoms with van der Waals surface area (Å²) in [7, 11) is -4.42. The SMILES string of the molecule is CC(C)(C)[Si](C)(O)c1ccccc1.CC(C)C[Si](C)(O)c1ccccc1. The van der Waals surface area contributed by atoms with Gasteiger partial charge in [0.1, 0.15) is 0 Å². The maximum Gasteiger partial charge on any atom is 0.222 e. The molecule has 0 aliphatic rings. The molecule has 2 aromatic carbocycles. The number of hydrogen-bond donors (Lipinski definition) is 2. The minimum absolute atomic E-state index is 0.00560. The first kappa shape index (κ1) is 22.8. The zero-order valence-corrected chi connectivity index (χ0v) is 19.5. The fraction of sp³-hybridized carbons (Fsp3) is 0.455. The van der Waals surface area contributed by atoms with Gasteiger partial charge in [-0.25, -0.2) is 0 Å². The van der Waals surface area contributed by atoms with E-state index in [1.54, 1.807) is 0 Å². The predicted octanol–water partition coefficient (Wildman–Crippen LogP) is 4.38. The van der Waals surface area contributed by atoms with Crippen molar-refractivity contribution in [1.29, 1.82) is 0 Å². The summed E-state index contributed by atoms with van der Waals surface area (Å²) in [5.74, 6) is 0.571. The Balaban J connectivity index is 0.000000260. The molecule has 4 heteroatoms. The van der Waals surface area contributed by atoms with Crippen LogP contribution in [0.25, 0.3) is 0 Å². The highest BCUT2D eigenvalue weighted by atomic mass is 28.4. The summed E-state index contributed by atoms with van der Waals surface area (Å²) in [5, 5.41) is 2.25. The molecule has 2 unspecified atom stereocenters. The minimum Gasteiger partial charge on any atom is -0.428 e. The van der Waals surface area contributed by atoms with E-state index in [1.165, 1.54) is 0 Å². The number of rotatable bonds is 4. The van der Waals surface area contributed by atoms with Crippen molar-refractivity contribution in [3.05, 3.63) is 60.7 Å². The van der Waals surface area contributed by atoms with Gasteiger partial charge in [-0.3, -0.25) is 0 Å². The quantitative estimate of drug-likeness (QED) is 0.763. The van der Waals surface area contributed by atoms with E-state index in [2.05, 4.69) is 34.6 Å². The molecule has 0 fully saturated rings. The Kier molecular flexibility index (Phi) is 8.02. The first-order valence-corrected chi connectivity index (χ1v) is 14.5. The van der Waals surface area contributed by atoms with E-state index in [1.807, 2.05) is 73.8 Å². The topological polar surface area (TPSA) is 40.5 Å². The van der Waals surface area contributed by atoms with Crippen LogP contribution in [0.1, 0.15) is 34.6 Å². The summed E-state index contributed by atoms with van der Waals surface area (Å²) in [4.78, 5) is 20.8. The smallest absolute Gasteiger partial charge is 0.222 e. The Morgan fingerprint density at radius 2 is 1.15 bits per heavy atom. The third-order valence-corrected chi connectivity index (χ3v) is 12.6. The van der Waals surface area contributed by atoms with Crippen LogP contribution in [0.15, 0.2) is 60.7 Å². The molecule has 144 valence electrons. The van der Waals surface area contributed by atoms with Crippen LogP contribution in [0.4, 0.5) is 0 Å². The van der Waals surface area contributed by atoms with Gasteiger partial charge in [-0.2, -0.15) is 0 Å². The molecule has 2 N–H and O–H groups in total. The molecule has 0 amide bonds. The zero-order chi connectivity index (χ0) is 20.0. The third kappa shape index (κ3) is 6.51. The molecule has 0 saturated heterocycles. The molecule has 2 atom stereocenters. The van der Waals surface area contributed by atoms with Crippen molar-refractivity contribution in [2.24, 2.45) is 5.92 Å². The van der Waals surface area contributed by atoms with Crippen molar-refractivity contribution in [2.45, 2.75) is 58.8 Å². The molecule has 2 nitrogen and oxygen atoms in total. The first-order chi connectivity index (χ1) is 11.9. The van der Waals surface area contributed by atoms with Gasteiger partial charge in [-0.05, 0) is 40.5 Å². The van der Waals surface area contributed by atoms with E-state index < -0.39 is 16.6 Å². The van der Waals surface area contributed by atoms with Gasteiger partial charge >= 0.3 is 0 Å². The molecule has 0 aromatic heterocycles. The lowest BCUT2D eigenvalue weighted by molar-refractivity contribution is 0.496. The molecule has 0 aliphatic carbocycles. The molecule has 0 bridgehead atoms. The van der Waals surface area contributed by atoms with Gasteiger partial charge in [0.05, 0.1) is 0 Å². The van der Waals surface area contributed by atoms with E-state index in [0.717, 1.165) is 16.4 Å². The molecule has 0 aliphatic heterocycles. The molecule has 0 spiro atoms. The largest absolute Gasteiger partial charge is 0.428 e. The summed E-state index contributed by atoms with van der Waals surface area (Å²) in [5.41, 5.74) is 0. The van der Waals surface area contributed by atoms with Gasteiger partial charge < -0.3 is 9.59 Å². The van der Waals surface area contributed by atoms with Gasteiger partial charge in [-0.15, -0.1) is 0 Å². The first-order valence-electron chi connectivity index (χ1n) is 9.44. The lowest BCUT2D eigenvalue weighted by atomic mass is 10.2. The van der Waals surface area contributed by atoms with Crippen molar-refractivity contribution >= 4 is 27.0 Å². The molecular formula is C22H36O2Si2. The Morgan fingerprint density at radius 3 is 1.50 bits per heavy atom. The minimum atomic E-state index is -2.28. The highest BCUT2D eigenvalue weighted by Gasteiger charge is 2.40. The van der Waals surface area contributed by atoms with Gasteiger partial charge in [0.2, 0.25) is 16.6 Å². The monoisotopic (exact) mass is 388 g/mol. The molecule has 2 aromatic rings. The normalized spacial score (nSPS) is 16.2. The average molecular weight is 389 g/mol. The lowest BCUT2D eigenvalue weighted by Crippen LogP contribution is -2.52. The second-order valence-electron chi connectivity index (χ2n) is 8.93. The van der Waals surface area contributed by atoms with Crippen molar-refractivity contribution in [3.63, 3.8) is 0 Å². The molecule has 2 rings (SSSR count). The zero-order valence-electron chi connectivity index (χ0n) is 17.5. The van der Waals surface area contributed by atoms with Crippen LogP contribution >= 0.6 is 0 Å². The summed E-state index contributed by atoms with van der Waals surface area (Å²) in [6.07, 6.45) is 0. The standard InChI is InChI=1S/2C11H18OSi/c1-11(2,3)13(4,12)10-8-6-5-7-9-10;1-10(2)9-13(3,12)11-7-5-4-6-8-11/h5-9,12H,1-4H3;4-8,10,12H,9H2,1-3H3. The summed E-state index contributed by atoms with van der Waals surface area (Å²) in [6.45, 7) is 14.6. The van der Waals surface area contributed by atoms with Gasteiger partial charge in [-0.1, -0.05) is 95.3 Å². The predicted molar refractivity (Wildman–Crippen MR) is 119 cm³/mol. The van der Waals surface area contributed by atoms with Crippen molar-refractivity contribution in [1.82, 2.24) is 0 Å². The Bertz CT molecular complexity index is 645. The Hall–Kier alpha value is -1.21. The molecule has 26 heavy (non-hydrogen) atoms. The highest BCUT2D eigenvalue weighted by Crippen LogP contribution is 2.33. The fourth-order valence-electron chi connectivity index (χ4n) is 2.91. The van der Waals surface area contributed by atoms with Crippen LogP contribution in [0.5, 0.6) is 0 Å². The fourth-order valence-corrected chi connectivity index (χ4v) is 7.35. The lowest BCUT2D eigenvalue weighted by Gasteiger charge is -2.34. The molecular weight excluding hydrogens is 352 g/mol. The summed E-state index contributed by atoms with van der Waals surface area (Å²) in [6, 6.07) is 21.0. The van der Waals surface area contributed by atoms with Crippen molar-refractivity contribution in [2.75, 3.05) is 0 Å². The second-order valence-corrected chi connectivity index (χ2v) is 16.7. The van der Waals surface area contributed by atoms with Crippen LogP contribution < -0.4 is 10.4 Å². The van der Waals surface area contributed by atoms with Crippen molar-refractivity contribution < 1.29 is 9.59 Å². The van der Waals surface area contributed by atoms with E-state index in [9.17, 15) is 9.59 Å². The second kappa shape index (κ2) is 9.13. The molecule has 0 saturated carbocycles. The number of hydrogen-bond acceptors (Lipinski definition) is 2. The Morgan fingerprint density at radius 1 is 0.769 bits per heavy atom. The maximum atomic E-state index is 10.5. The van der Waals surface area contributed by atoms with Gasteiger partial charge in [0.15, 0.2) is 0 Å². The van der Waals surface area contributed by atoms with Crippen LogP contribution in [-0.2, 0) is 0 Å². The highest BCUT2D eigenvalue weighted by molar-refractivity contribution is 6.86. The van der Waals surface area contributed by atoms with Crippen LogP contribution in [0.2, 0.25) is 24.2 Å². The Labute approximate surface area is 162 Å². The molecule has 0 radical (unpaired) electrons. The van der Waals surface area contributed by atoms with Gasteiger partial charge in [0.25, 0.3) is 0 Å². The summed E-state index contributed by atoms with van der Waals surface area (Å²) < 4.78 is 0. The van der Waals surface area contributed by atoms with Gasteiger partial charge in [0, 0.05) is 0 Å². The third-order valence-electron chi connectivity index (χ3n) is 5.00.